The van der Waals surface area contributed by atoms with Gasteiger partial charge in [0.05, 0.1) is 0 Å². The van der Waals surface area contributed by atoms with E-state index in [2.05, 4.69) is 13.2 Å². The highest BCUT2D eigenvalue weighted by molar-refractivity contribution is 4.79. The van der Waals surface area contributed by atoms with Gasteiger partial charge in [-0.3, -0.25) is 0 Å². The van der Waals surface area contributed by atoms with Crippen LogP contribution in [0.5, 0.6) is 0 Å². The van der Waals surface area contributed by atoms with Crippen LogP contribution in [-0.4, -0.2) is 0 Å². The standard InChI is InChI=1S/C5H8.H2/c1-3-5-4-2;/h3-4H,1-2,5H2;1H. The van der Waals surface area contributed by atoms with E-state index in [1.165, 1.54) is 0 Å². The fourth-order valence-corrected chi connectivity index (χ4v) is 0.118. The van der Waals surface area contributed by atoms with E-state index < -0.39 is 0 Å². The zero-order chi connectivity index (χ0) is 4.12. The van der Waals surface area contributed by atoms with Crippen LogP contribution >= 0.6 is 0 Å². The number of rotatable bonds is 2. The Bertz CT molecular complexity index is 33.2. The van der Waals surface area contributed by atoms with E-state index in [1.807, 2.05) is 12.2 Å². The molecule has 0 aromatic heterocycles. The van der Waals surface area contributed by atoms with Gasteiger partial charge in [0.1, 0.15) is 0 Å². The third kappa shape index (κ3) is 3.48. The molecule has 0 radical (unpaired) electrons. The first-order valence-electron chi connectivity index (χ1n) is 1.63. The molecule has 0 aliphatic carbocycles. The SMILES string of the molecule is C=CCC=C.[HH]. The van der Waals surface area contributed by atoms with Crippen LogP contribution in [0.25, 0.3) is 0 Å². The largest absolute Gasteiger partial charge is 0.103 e. The zero-order valence-corrected chi connectivity index (χ0v) is 3.28. The monoisotopic (exact) mass is 70.1 g/mol. The van der Waals surface area contributed by atoms with Gasteiger partial charge in [-0.2, -0.15) is 0 Å². The second kappa shape index (κ2) is 3.48. The van der Waals surface area contributed by atoms with Gasteiger partial charge in [-0.05, 0) is 6.42 Å². The first kappa shape index (κ1) is 4.48. The summed E-state index contributed by atoms with van der Waals surface area (Å²) in [4.78, 5) is 0. The van der Waals surface area contributed by atoms with Crippen molar-refractivity contribution in [2.24, 2.45) is 0 Å². The number of allylic oxidation sites excluding steroid dienone is 2. The zero-order valence-electron chi connectivity index (χ0n) is 3.28. The van der Waals surface area contributed by atoms with Gasteiger partial charge in [0.25, 0.3) is 0 Å². The predicted octanol–water partition coefficient (Wildman–Crippen LogP) is 1.99. The quantitative estimate of drug-likeness (QED) is 0.436. The highest BCUT2D eigenvalue weighted by atomic mass is 13.6. The molecule has 0 N–H and O–H groups in total. The molecule has 0 aliphatic heterocycles. The summed E-state index contributed by atoms with van der Waals surface area (Å²) in [5, 5.41) is 0. The Balaban J connectivity index is 0. The van der Waals surface area contributed by atoms with Crippen molar-refractivity contribution in [3.05, 3.63) is 25.3 Å². The molecule has 0 unspecified atom stereocenters. The van der Waals surface area contributed by atoms with E-state index in [0.29, 0.717) is 0 Å². The van der Waals surface area contributed by atoms with E-state index >= 15 is 0 Å². The third-order valence-electron chi connectivity index (χ3n) is 0.333. The van der Waals surface area contributed by atoms with E-state index in [0.717, 1.165) is 6.42 Å². The van der Waals surface area contributed by atoms with Crippen LogP contribution < -0.4 is 0 Å². The molecule has 0 aromatic rings. The lowest BCUT2D eigenvalue weighted by Crippen LogP contribution is -1.43. The highest BCUT2D eigenvalue weighted by Gasteiger charge is 1.52. The molecule has 0 aromatic carbocycles. The normalized spacial score (nSPS) is 6.40. The minimum atomic E-state index is 0. The van der Waals surface area contributed by atoms with Crippen molar-refractivity contribution in [2.75, 3.05) is 0 Å². The summed E-state index contributed by atoms with van der Waals surface area (Å²) in [6, 6.07) is 0. The van der Waals surface area contributed by atoms with Crippen molar-refractivity contribution in [1.82, 2.24) is 0 Å². The summed E-state index contributed by atoms with van der Waals surface area (Å²) in [7, 11) is 0. The van der Waals surface area contributed by atoms with Crippen LogP contribution in [0, 0.1) is 0 Å². The maximum absolute atomic E-state index is 3.48. The summed E-state index contributed by atoms with van der Waals surface area (Å²) in [6.07, 6.45) is 4.54. The summed E-state index contributed by atoms with van der Waals surface area (Å²) in [5.41, 5.74) is 0. The van der Waals surface area contributed by atoms with Crippen molar-refractivity contribution in [3.63, 3.8) is 0 Å². The Morgan fingerprint density at radius 2 is 1.80 bits per heavy atom. The fourth-order valence-electron chi connectivity index (χ4n) is 0.118. The van der Waals surface area contributed by atoms with E-state index in [9.17, 15) is 0 Å². The van der Waals surface area contributed by atoms with Crippen molar-refractivity contribution >= 4 is 0 Å². The molecular weight excluding hydrogens is 60.1 g/mol. The van der Waals surface area contributed by atoms with Crippen LogP contribution in [0.15, 0.2) is 25.3 Å². The lowest BCUT2D eigenvalue weighted by Gasteiger charge is -1.64. The summed E-state index contributed by atoms with van der Waals surface area (Å²) in [5.74, 6) is 0. The lowest BCUT2D eigenvalue weighted by atomic mass is 10.4. The molecule has 0 atom stereocenters. The van der Waals surface area contributed by atoms with E-state index in [1.54, 1.807) is 0 Å². The average molecular weight is 70.1 g/mol. The average Bonchev–Trinajstić information content (AvgIpc) is 1.41. The Kier molecular flexibility index (Phi) is 3.12. The van der Waals surface area contributed by atoms with Crippen molar-refractivity contribution in [2.45, 2.75) is 6.42 Å². The Labute approximate surface area is 34.3 Å². The maximum atomic E-state index is 3.48. The molecule has 0 saturated heterocycles. The molecule has 0 heteroatoms. The number of hydrogen-bond acceptors (Lipinski definition) is 0. The van der Waals surface area contributed by atoms with Gasteiger partial charge >= 0.3 is 0 Å². The van der Waals surface area contributed by atoms with Gasteiger partial charge in [-0.15, -0.1) is 13.2 Å². The summed E-state index contributed by atoms with van der Waals surface area (Å²) < 4.78 is 0. The van der Waals surface area contributed by atoms with E-state index in [-0.39, 0.29) is 1.43 Å². The van der Waals surface area contributed by atoms with Crippen LogP contribution in [0.2, 0.25) is 0 Å². The lowest BCUT2D eigenvalue weighted by molar-refractivity contribution is 1.42. The molecule has 30 valence electrons. The van der Waals surface area contributed by atoms with Crippen LogP contribution in [0.1, 0.15) is 7.85 Å². The first-order valence-corrected chi connectivity index (χ1v) is 1.63. The van der Waals surface area contributed by atoms with Crippen molar-refractivity contribution in [1.29, 1.82) is 0 Å². The predicted molar refractivity (Wildman–Crippen MR) is 27.1 cm³/mol. The maximum Gasteiger partial charge on any atom is 0 e. The summed E-state index contributed by atoms with van der Waals surface area (Å²) >= 11 is 0. The van der Waals surface area contributed by atoms with Crippen LogP contribution in [0.3, 0.4) is 0 Å². The Hall–Kier alpha value is -0.520. The molecule has 0 amide bonds. The Morgan fingerprint density at radius 1 is 1.40 bits per heavy atom. The molecule has 0 fully saturated rings. The smallest absolute Gasteiger partial charge is 0 e. The molecule has 5 heavy (non-hydrogen) atoms. The van der Waals surface area contributed by atoms with Gasteiger partial charge in [-0.25, -0.2) is 0 Å². The highest BCUT2D eigenvalue weighted by Crippen LogP contribution is 1.73. The summed E-state index contributed by atoms with van der Waals surface area (Å²) in [6.45, 7) is 6.96. The van der Waals surface area contributed by atoms with Gasteiger partial charge in [-0.1, -0.05) is 12.2 Å². The molecule has 0 spiro atoms. The molecule has 0 rings (SSSR count). The van der Waals surface area contributed by atoms with Gasteiger partial charge in [0.15, 0.2) is 0 Å². The molecular formula is C5H10. The van der Waals surface area contributed by atoms with Crippen molar-refractivity contribution in [3.8, 4) is 0 Å². The van der Waals surface area contributed by atoms with Crippen LogP contribution in [-0.2, 0) is 0 Å². The minimum Gasteiger partial charge on any atom is -0.103 e. The topological polar surface area (TPSA) is 0 Å². The van der Waals surface area contributed by atoms with Gasteiger partial charge in [0, 0.05) is 1.43 Å². The van der Waals surface area contributed by atoms with Gasteiger partial charge < -0.3 is 0 Å². The Morgan fingerprint density at radius 3 is 1.80 bits per heavy atom. The third-order valence-corrected chi connectivity index (χ3v) is 0.333. The molecule has 0 nitrogen and oxygen atoms in total. The second-order valence-electron chi connectivity index (χ2n) is 0.813. The number of hydrogen-bond donors (Lipinski definition) is 0. The molecule has 0 heterocycles. The van der Waals surface area contributed by atoms with Crippen LogP contribution in [0.4, 0.5) is 0 Å². The second-order valence-corrected chi connectivity index (χ2v) is 0.813. The minimum absolute atomic E-state index is 0. The molecule has 0 bridgehead atoms. The first-order chi connectivity index (χ1) is 2.41. The molecule has 0 aliphatic rings. The fraction of sp³-hybridized carbons (Fsp3) is 0.200. The van der Waals surface area contributed by atoms with Gasteiger partial charge in [0.2, 0.25) is 0 Å². The molecule has 0 saturated carbocycles. The van der Waals surface area contributed by atoms with E-state index in [4.69, 9.17) is 0 Å². The van der Waals surface area contributed by atoms with Crippen molar-refractivity contribution < 1.29 is 1.43 Å².